The Morgan fingerprint density at radius 1 is 1.14 bits per heavy atom. The van der Waals surface area contributed by atoms with E-state index in [9.17, 15) is 0 Å². The summed E-state index contributed by atoms with van der Waals surface area (Å²) in [7, 11) is 1.85. The van der Waals surface area contributed by atoms with Gasteiger partial charge in [-0.15, -0.1) is 0 Å². The van der Waals surface area contributed by atoms with E-state index in [2.05, 4.69) is 6.92 Å². The fourth-order valence-corrected chi connectivity index (χ4v) is 6.55. The molecule has 3 heteroatoms. The molecule has 0 amide bonds. The van der Waals surface area contributed by atoms with Gasteiger partial charge in [-0.05, 0) is 0 Å². The van der Waals surface area contributed by atoms with Crippen molar-refractivity contribution >= 4 is 15.0 Å². The summed E-state index contributed by atoms with van der Waals surface area (Å²) in [6.45, 7) is 2.93. The maximum atomic E-state index is 5.87. The molecule has 0 aromatic rings. The van der Waals surface area contributed by atoms with Gasteiger partial charge in [-0.3, -0.25) is 0 Å². The first-order valence-corrected chi connectivity index (χ1v) is 7.64. The molecular weight excluding hydrogens is 243 g/mol. The zero-order valence-electron chi connectivity index (χ0n) is 9.07. The monoisotopic (exact) mass is 264 g/mol. The van der Waals surface area contributed by atoms with Crippen molar-refractivity contribution in [2.45, 2.75) is 54.4 Å². The molecule has 0 saturated carbocycles. The number of hydrogen-bond acceptors (Lipinski definition) is 2. The fourth-order valence-electron chi connectivity index (χ4n) is 2.64. The molecule has 2 saturated heterocycles. The third-order valence-corrected chi connectivity index (χ3v) is 6.85. The van der Waals surface area contributed by atoms with Crippen molar-refractivity contribution in [2.75, 3.05) is 13.7 Å². The van der Waals surface area contributed by atoms with Gasteiger partial charge in [0, 0.05) is 0 Å². The van der Waals surface area contributed by atoms with E-state index in [0.717, 1.165) is 31.2 Å². The Kier molecular flexibility index (Phi) is 3.89. The maximum absolute atomic E-state index is 5.87. The van der Waals surface area contributed by atoms with E-state index in [1.54, 1.807) is 0 Å². The van der Waals surface area contributed by atoms with Gasteiger partial charge in [-0.1, -0.05) is 0 Å². The minimum atomic E-state index is 0.403. The summed E-state index contributed by atoms with van der Waals surface area (Å²) in [6, 6.07) is 0. The predicted octanol–water partition coefficient (Wildman–Crippen LogP) is 2.28. The summed E-state index contributed by atoms with van der Waals surface area (Å²) in [5.41, 5.74) is 0. The van der Waals surface area contributed by atoms with Crippen LogP contribution >= 0.6 is 0 Å². The van der Waals surface area contributed by atoms with Gasteiger partial charge in [0.15, 0.2) is 0 Å². The number of fused-ring (bicyclic) bond motifs is 2. The van der Waals surface area contributed by atoms with Crippen LogP contribution in [0.25, 0.3) is 0 Å². The molecule has 0 aromatic heterocycles. The second-order valence-electron chi connectivity index (χ2n) is 4.12. The van der Waals surface area contributed by atoms with Crippen molar-refractivity contribution in [1.29, 1.82) is 0 Å². The Morgan fingerprint density at radius 2 is 1.79 bits per heavy atom. The second kappa shape index (κ2) is 4.98. The molecule has 2 nitrogen and oxygen atoms in total. The van der Waals surface area contributed by atoms with Crippen LogP contribution in [0, 0.1) is 0 Å². The first-order chi connectivity index (χ1) is 6.86. The number of ether oxygens (including phenoxy) is 2. The molecular formula is C11H20O2Se. The second-order valence-corrected chi connectivity index (χ2v) is 7.23. The molecule has 2 bridgehead atoms. The van der Waals surface area contributed by atoms with Gasteiger partial charge in [-0.2, -0.15) is 0 Å². The van der Waals surface area contributed by atoms with Crippen molar-refractivity contribution in [3.63, 3.8) is 0 Å². The Morgan fingerprint density at radius 3 is 2.36 bits per heavy atom. The third-order valence-electron chi connectivity index (χ3n) is 3.26. The normalized spacial score (nSPS) is 42.4. The van der Waals surface area contributed by atoms with Gasteiger partial charge in [0.2, 0.25) is 0 Å². The van der Waals surface area contributed by atoms with E-state index in [1.807, 2.05) is 7.11 Å². The van der Waals surface area contributed by atoms with Gasteiger partial charge in [0.1, 0.15) is 0 Å². The molecule has 82 valence electrons. The molecule has 14 heavy (non-hydrogen) atoms. The van der Waals surface area contributed by atoms with Crippen LogP contribution in [0.15, 0.2) is 0 Å². The molecule has 0 spiro atoms. The Labute approximate surface area is 92.9 Å². The van der Waals surface area contributed by atoms with E-state index in [4.69, 9.17) is 9.47 Å². The van der Waals surface area contributed by atoms with Crippen molar-refractivity contribution in [3.8, 4) is 0 Å². The van der Waals surface area contributed by atoms with Crippen LogP contribution < -0.4 is 0 Å². The van der Waals surface area contributed by atoms with Gasteiger partial charge < -0.3 is 0 Å². The first-order valence-electron chi connectivity index (χ1n) is 5.66. The summed E-state index contributed by atoms with van der Waals surface area (Å²) < 4.78 is 11.5. The molecule has 2 rings (SSSR count). The fraction of sp³-hybridized carbons (Fsp3) is 1.00. The molecule has 4 unspecified atom stereocenters. The van der Waals surface area contributed by atoms with Gasteiger partial charge in [0.25, 0.3) is 0 Å². The Hall–Kier alpha value is 0.439. The minimum absolute atomic E-state index is 0.403. The van der Waals surface area contributed by atoms with Crippen LogP contribution in [0.5, 0.6) is 0 Å². The molecule has 0 aromatic carbocycles. The van der Waals surface area contributed by atoms with E-state index in [1.165, 1.54) is 25.7 Å². The summed E-state index contributed by atoms with van der Waals surface area (Å²) in [5.74, 6) is 0. The van der Waals surface area contributed by atoms with Crippen molar-refractivity contribution in [2.24, 2.45) is 0 Å². The SMILES string of the molecule is CCOC1C2CCCCC([Se]2)C1OC. The molecule has 2 aliphatic rings. The van der Waals surface area contributed by atoms with Crippen LogP contribution in [0.1, 0.15) is 32.6 Å². The molecule has 0 aliphatic carbocycles. The summed E-state index contributed by atoms with van der Waals surface area (Å²) in [5, 5.41) is 0. The van der Waals surface area contributed by atoms with Crippen molar-refractivity contribution in [3.05, 3.63) is 0 Å². The zero-order valence-corrected chi connectivity index (χ0v) is 10.8. The van der Waals surface area contributed by atoms with E-state index in [-0.39, 0.29) is 0 Å². The average Bonchev–Trinajstić information content (AvgIpc) is 2.37. The quantitative estimate of drug-likeness (QED) is 0.727. The van der Waals surface area contributed by atoms with Crippen LogP contribution in [-0.4, -0.2) is 40.9 Å². The standard InChI is InChI=1S/C11H20O2Se/c1-3-13-11-9-7-5-4-6-8(14-9)10(11)12-2/h8-11H,3-7H2,1-2H3. The number of methoxy groups -OCH3 is 1. The molecule has 2 heterocycles. The summed E-state index contributed by atoms with van der Waals surface area (Å²) in [6.07, 6.45) is 6.38. The molecule has 0 radical (unpaired) electrons. The topological polar surface area (TPSA) is 18.5 Å². The van der Waals surface area contributed by atoms with E-state index < -0.39 is 0 Å². The molecule has 4 atom stereocenters. The van der Waals surface area contributed by atoms with Crippen LogP contribution in [0.2, 0.25) is 9.63 Å². The number of hydrogen-bond donors (Lipinski definition) is 0. The van der Waals surface area contributed by atoms with Crippen molar-refractivity contribution < 1.29 is 9.47 Å². The average molecular weight is 263 g/mol. The third kappa shape index (κ3) is 2.01. The van der Waals surface area contributed by atoms with Gasteiger partial charge in [-0.25, -0.2) is 0 Å². The summed E-state index contributed by atoms with van der Waals surface area (Å²) in [4.78, 5) is 1.66. The first kappa shape index (κ1) is 10.9. The summed E-state index contributed by atoms with van der Waals surface area (Å²) >= 11 is 0.761. The van der Waals surface area contributed by atoms with Gasteiger partial charge >= 0.3 is 92.6 Å². The number of rotatable bonds is 3. The van der Waals surface area contributed by atoms with Crippen LogP contribution in [-0.2, 0) is 9.47 Å². The van der Waals surface area contributed by atoms with Crippen LogP contribution in [0.3, 0.4) is 0 Å². The van der Waals surface area contributed by atoms with E-state index in [0.29, 0.717) is 12.2 Å². The predicted molar refractivity (Wildman–Crippen MR) is 57.9 cm³/mol. The Bertz CT molecular complexity index is 186. The Balaban J connectivity index is 2.06. The van der Waals surface area contributed by atoms with Gasteiger partial charge in [0.05, 0.1) is 0 Å². The molecule has 2 aliphatic heterocycles. The molecule has 2 fully saturated rings. The van der Waals surface area contributed by atoms with Crippen molar-refractivity contribution in [1.82, 2.24) is 0 Å². The zero-order chi connectivity index (χ0) is 9.97. The van der Waals surface area contributed by atoms with Crippen LogP contribution in [0.4, 0.5) is 0 Å². The molecule has 0 N–H and O–H groups in total. The van der Waals surface area contributed by atoms with E-state index >= 15 is 0 Å².